The monoisotopic (exact) mass is 414 g/mol. The van der Waals surface area contributed by atoms with Crippen LogP contribution in [0.25, 0.3) is 0 Å². The first-order valence-electron chi connectivity index (χ1n) is 9.98. The number of imide groups is 1. The number of amides is 3. The van der Waals surface area contributed by atoms with E-state index in [0.29, 0.717) is 39.7 Å². The van der Waals surface area contributed by atoms with Gasteiger partial charge in [0.1, 0.15) is 5.75 Å². The first kappa shape index (κ1) is 20.3. The number of methoxy groups -OCH3 is 1. The molecule has 0 radical (unpaired) electrons. The molecule has 3 amide bonds. The Balaban J connectivity index is 1.58. The highest BCUT2D eigenvalue weighted by atomic mass is 16.5. The molecular formula is C25H22N2O4. The highest BCUT2D eigenvalue weighted by molar-refractivity contribution is 6.34. The molecule has 0 saturated heterocycles. The van der Waals surface area contributed by atoms with Gasteiger partial charge in [-0.25, -0.2) is 4.90 Å². The third kappa shape index (κ3) is 3.68. The summed E-state index contributed by atoms with van der Waals surface area (Å²) in [5, 5.41) is 2.83. The van der Waals surface area contributed by atoms with E-state index in [1.807, 2.05) is 12.1 Å². The number of hydrogen-bond donors (Lipinski definition) is 1. The Bertz CT molecular complexity index is 1150. The SMILES string of the molecule is COc1cc(NC(=O)c2ccc(C(C)C)cc2)ccc1N1C(=O)c2ccccc2C1=O. The molecule has 0 unspecified atom stereocenters. The molecule has 1 aliphatic heterocycles. The molecule has 0 aromatic heterocycles. The van der Waals surface area contributed by atoms with Gasteiger partial charge in [0.05, 0.1) is 23.9 Å². The standard InChI is InChI=1S/C25H22N2O4/c1-15(2)16-8-10-17(11-9-16)23(28)26-18-12-13-21(22(14-18)31-3)27-24(29)19-6-4-5-7-20(19)25(27)30/h4-15H,1-3H3,(H,26,28). The first-order valence-corrected chi connectivity index (χ1v) is 9.98. The van der Waals surface area contributed by atoms with Crippen LogP contribution in [0.3, 0.4) is 0 Å². The topological polar surface area (TPSA) is 75.7 Å². The molecule has 31 heavy (non-hydrogen) atoms. The second-order valence-corrected chi connectivity index (χ2v) is 7.61. The van der Waals surface area contributed by atoms with Gasteiger partial charge in [0.15, 0.2) is 0 Å². The van der Waals surface area contributed by atoms with Gasteiger partial charge in [-0.3, -0.25) is 14.4 Å². The van der Waals surface area contributed by atoms with Gasteiger partial charge in [0.25, 0.3) is 17.7 Å². The Morgan fingerprint density at radius 3 is 2.06 bits per heavy atom. The quantitative estimate of drug-likeness (QED) is 0.604. The molecule has 3 aromatic carbocycles. The zero-order valence-corrected chi connectivity index (χ0v) is 17.5. The van der Waals surface area contributed by atoms with E-state index in [-0.39, 0.29) is 5.91 Å². The minimum Gasteiger partial charge on any atom is -0.494 e. The van der Waals surface area contributed by atoms with Crippen LogP contribution in [0.5, 0.6) is 5.75 Å². The number of anilines is 2. The van der Waals surface area contributed by atoms with Crippen LogP contribution in [0.2, 0.25) is 0 Å². The molecule has 1 heterocycles. The number of carbonyl (C=O) groups is 3. The van der Waals surface area contributed by atoms with E-state index in [0.717, 1.165) is 10.5 Å². The highest BCUT2D eigenvalue weighted by Gasteiger charge is 2.37. The normalized spacial score (nSPS) is 12.8. The van der Waals surface area contributed by atoms with Gasteiger partial charge in [-0.2, -0.15) is 0 Å². The van der Waals surface area contributed by atoms with Crippen molar-refractivity contribution in [1.29, 1.82) is 0 Å². The number of nitrogens with one attached hydrogen (secondary N) is 1. The zero-order chi connectivity index (χ0) is 22.1. The van der Waals surface area contributed by atoms with E-state index < -0.39 is 11.8 Å². The van der Waals surface area contributed by atoms with Gasteiger partial charge in [-0.15, -0.1) is 0 Å². The van der Waals surface area contributed by atoms with Crippen LogP contribution >= 0.6 is 0 Å². The second kappa shape index (κ2) is 8.07. The maximum absolute atomic E-state index is 12.8. The summed E-state index contributed by atoms with van der Waals surface area (Å²) in [7, 11) is 1.45. The molecule has 0 saturated carbocycles. The first-order chi connectivity index (χ1) is 14.9. The molecule has 0 spiro atoms. The summed E-state index contributed by atoms with van der Waals surface area (Å²) < 4.78 is 5.43. The number of carbonyl (C=O) groups excluding carboxylic acids is 3. The van der Waals surface area contributed by atoms with Crippen molar-refractivity contribution in [1.82, 2.24) is 0 Å². The van der Waals surface area contributed by atoms with Crippen LogP contribution in [-0.4, -0.2) is 24.8 Å². The summed E-state index contributed by atoms with van der Waals surface area (Å²) in [5.41, 5.74) is 3.23. The van der Waals surface area contributed by atoms with Gasteiger partial charge in [0.2, 0.25) is 0 Å². The maximum Gasteiger partial charge on any atom is 0.266 e. The van der Waals surface area contributed by atoms with Crippen LogP contribution in [-0.2, 0) is 0 Å². The average Bonchev–Trinajstić information content (AvgIpc) is 3.04. The van der Waals surface area contributed by atoms with Crippen LogP contribution in [0, 0.1) is 0 Å². The van der Waals surface area contributed by atoms with Gasteiger partial charge in [-0.05, 0) is 47.9 Å². The largest absolute Gasteiger partial charge is 0.494 e. The van der Waals surface area contributed by atoms with Crippen molar-refractivity contribution < 1.29 is 19.1 Å². The molecule has 6 nitrogen and oxygen atoms in total. The van der Waals surface area contributed by atoms with Crippen LogP contribution in [0.15, 0.2) is 66.7 Å². The molecule has 0 fully saturated rings. The summed E-state index contributed by atoms with van der Waals surface area (Å²) >= 11 is 0. The number of ether oxygens (including phenoxy) is 1. The van der Waals surface area contributed by atoms with Crippen LogP contribution in [0.1, 0.15) is 56.4 Å². The molecule has 1 aliphatic rings. The molecule has 0 atom stereocenters. The Morgan fingerprint density at radius 2 is 1.52 bits per heavy atom. The van der Waals surface area contributed by atoms with Crippen molar-refractivity contribution in [2.24, 2.45) is 0 Å². The predicted molar refractivity (Wildman–Crippen MR) is 119 cm³/mol. The van der Waals surface area contributed by atoms with Crippen molar-refractivity contribution in [3.63, 3.8) is 0 Å². The van der Waals surface area contributed by atoms with Crippen molar-refractivity contribution in [2.75, 3.05) is 17.3 Å². The maximum atomic E-state index is 12.8. The second-order valence-electron chi connectivity index (χ2n) is 7.61. The van der Waals surface area contributed by atoms with E-state index in [9.17, 15) is 14.4 Å². The summed E-state index contributed by atoms with van der Waals surface area (Å²) in [4.78, 5) is 39.3. The number of nitrogens with zero attached hydrogens (tertiary/aromatic N) is 1. The number of hydrogen-bond acceptors (Lipinski definition) is 4. The van der Waals surface area contributed by atoms with E-state index in [1.54, 1.807) is 54.6 Å². The average molecular weight is 414 g/mol. The fourth-order valence-corrected chi connectivity index (χ4v) is 3.57. The lowest BCUT2D eigenvalue weighted by Crippen LogP contribution is -2.29. The van der Waals surface area contributed by atoms with Crippen molar-refractivity contribution in [2.45, 2.75) is 19.8 Å². The smallest absolute Gasteiger partial charge is 0.266 e. The van der Waals surface area contributed by atoms with E-state index >= 15 is 0 Å². The summed E-state index contributed by atoms with van der Waals surface area (Å²) in [6.07, 6.45) is 0. The third-order valence-electron chi connectivity index (χ3n) is 5.31. The lowest BCUT2D eigenvalue weighted by Gasteiger charge is -2.18. The fraction of sp³-hybridized carbons (Fsp3) is 0.160. The number of benzene rings is 3. The van der Waals surface area contributed by atoms with Crippen molar-refractivity contribution >= 4 is 29.1 Å². The van der Waals surface area contributed by atoms with E-state index in [2.05, 4.69) is 19.2 Å². The predicted octanol–water partition coefficient (Wildman–Crippen LogP) is 4.87. The molecule has 156 valence electrons. The van der Waals surface area contributed by atoms with Crippen LogP contribution in [0.4, 0.5) is 11.4 Å². The third-order valence-corrected chi connectivity index (χ3v) is 5.31. The fourth-order valence-electron chi connectivity index (χ4n) is 3.57. The lowest BCUT2D eigenvalue weighted by molar-refractivity contribution is 0.0923. The lowest BCUT2D eigenvalue weighted by atomic mass is 10.0. The molecule has 6 heteroatoms. The Morgan fingerprint density at radius 1 is 0.903 bits per heavy atom. The minimum absolute atomic E-state index is 0.258. The summed E-state index contributed by atoms with van der Waals surface area (Å²) in [6, 6.07) is 19.0. The number of fused-ring (bicyclic) bond motifs is 1. The zero-order valence-electron chi connectivity index (χ0n) is 17.5. The van der Waals surface area contributed by atoms with Crippen LogP contribution < -0.4 is 15.0 Å². The molecular weight excluding hydrogens is 392 g/mol. The minimum atomic E-state index is -0.402. The van der Waals surface area contributed by atoms with Gasteiger partial charge < -0.3 is 10.1 Å². The van der Waals surface area contributed by atoms with E-state index in [4.69, 9.17) is 4.74 Å². The number of rotatable bonds is 5. The van der Waals surface area contributed by atoms with Gasteiger partial charge in [-0.1, -0.05) is 38.1 Å². The molecule has 0 bridgehead atoms. The molecule has 4 rings (SSSR count). The molecule has 1 N–H and O–H groups in total. The Hall–Kier alpha value is -3.93. The highest BCUT2D eigenvalue weighted by Crippen LogP contribution is 2.36. The molecule has 0 aliphatic carbocycles. The Labute approximate surface area is 180 Å². The van der Waals surface area contributed by atoms with Gasteiger partial charge in [0, 0.05) is 17.3 Å². The van der Waals surface area contributed by atoms with Gasteiger partial charge >= 0.3 is 0 Å². The van der Waals surface area contributed by atoms with Crippen molar-refractivity contribution in [3.05, 3.63) is 89.0 Å². The summed E-state index contributed by atoms with van der Waals surface area (Å²) in [5.74, 6) is -0.369. The Kier molecular flexibility index (Phi) is 5.29. The van der Waals surface area contributed by atoms with E-state index in [1.165, 1.54) is 7.11 Å². The molecule has 3 aromatic rings. The summed E-state index contributed by atoms with van der Waals surface area (Å²) in [6.45, 7) is 4.19. The van der Waals surface area contributed by atoms with Crippen molar-refractivity contribution in [3.8, 4) is 5.75 Å².